The number of nitrogens with zero attached hydrogens (tertiary/aromatic N) is 1. The van der Waals surface area contributed by atoms with Crippen LogP contribution in [0.1, 0.15) is 37.7 Å². The van der Waals surface area contributed by atoms with Gasteiger partial charge in [-0.2, -0.15) is 0 Å². The molecule has 0 radical (unpaired) electrons. The first-order chi connectivity index (χ1) is 7.92. The zero-order valence-corrected chi connectivity index (χ0v) is 11.2. The van der Waals surface area contributed by atoms with Gasteiger partial charge in [0, 0.05) is 19.4 Å². The van der Waals surface area contributed by atoms with Crippen molar-refractivity contribution in [3.63, 3.8) is 0 Å². The number of rotatable bonds is 5. The van der Waals surface area contributed by atoms with E-state index in [1.807, 2.05) is 6.92 Å². The zero-order chi connectivity index (χ0) is 13.1. The lowest BCUT2D eigenvalue weighted by Crippen LogP contribution is -2.41. The van der Waals surface area contributed by atoms with Crippen LogP contribution in [0, 0.1) is 0 Å². The minimum absolute atomic E-state index is 0.119. The number of ketones is 1. The molecule has 1 aromatic rings. The van der Waals surface area contributed by atoms with Crippen molar-refractivity contribution in [1.82, 2.24) is 4.98 Å². The fourth-order valence-corrected chi connectivity index (χ4v) is 1.86. The van der Waals surface area contributed by atoms with E-state index in [9.17, 15) is 9.59 Å². The minimum Gasteiger partial charge on any atom is -0.369 e. The van der Waals surface area contributed by atoms with Crippen molar-refractivity contribution in [2.75, 3.05) is 12.4 Å². The zero-order valence-electron chi connectivity index (χ0n) is 10.4. The van der Waals surface area contributed by atoms with Crippen LogP contribution in [0.3, 0.4) is 0 Å². The summed E-state index contributed by atoms with van der Waals surface area (Å²) in [6, 6.07) is 0. The molecule has 0 spiro atoms. The molecule has 0 aliphatic carbocycles. The van der Waals surface area contributed by atoms with Crippen LogP contribution >= 0.6 is 11.3 Å². The van der Waals surface area contributed by atoms with Gasteiger partial charge in [-0.15, -0.1) is 11.3 Å². The lowest BCUT2D eigenvalue weighted by molar-refractivity contribution is -0.136. The number of anilines is 1. The Morgan fingerprint density at radius 3 is 2.65 bits per heavy atom. The smallest absolute Gasteiger partial charge is 0.258 e. The van der Waals surface area contributed by atoms with Crippen LogP contribution in [0.2, 0.25) is 0 Å². The molecule has 0 fully saturated rings. The third-order valence-corrected chi connectivity index (χ3v) is 3.45. The van der Waals surface area contributed by atoms with E-state index in [0.29, 0.717) is 17.2 Å². The Bertz CT molecular complexity index is 424. The van der Waals surface area contributed by atoms with Crippen LogP contribution in [0.15, 0.2) is 5.38 Å². The number of carbonyl (C=O) groups is 2. The number of amides is 1. The second-order valence-electron chi connectivity index (χ2n) is 3.84. The topological polar surface area (TPSA) is 68.3 Å². The minimum atomic E-state index is -0.873. The summed E-state index contributed by atoms with van der Waals surface area (Å²) in [6.07, 6.45) is 0.556. The molecule has 0 aliphatic rings. The van der Waals surface area contributed by atoms with Crippen LogP contribution in [0.25, 0.3) is 0 Å². The Balaban J connectivity index is 2.77. The van der Waals surface area contributed by atoms with Crippen LogP contribution in [-0.2, 0) is 9.53 Å². The van der Waals surface area contributed by atoms with Gasteiger partial charge in [-0.05, 0) is 13.3 Å². The molecule has 0 saturated carbocycles. The standard InChI is InChI=1S/C11H16N2O3S/c1-5-11(3,16-4)9(15)13-10-12-8(6-17-10)7(2)14/h6H,5H2,1-4H3,(H,12,13,15). The largest absolute Gasteiger partial charge is 0.369 e. The first-order valence-corrected chi connectivity index (χ1v) is 6.14. The van der Waals surface area contributed by atoms with Crippen molar-refractivity contribution >= 4 is 28.2 Å². The SMILES string of the molecule is CCC(C)(OC)C(=O)Nc1nc(C(C)=O)cs1. The molecule has 6 heteroatoms. The number of methoxy groups -OCH3 is 1. The fraction of sp³-hybridized carbons (Fsp3) is 0.545. The van der Waals surface area contributed by atoms with Crippen molar-refractivity contribution in [1.29, 1.82) is 0 Å². The average Bonchev–Trinajstić information content (AvgIpc) is 2.76. The molecule has 1 unspecified atom stereocenters. The van der Waals surface area contributed by atoms with Crippen LogP contribution in [-0.4, -0.2) is 29.4 Å². The second kappa shape index (κ2) is 5.37. The molecule has 1 aromatic heterocycles. The average molecular weight is 256 g/mol. The summed E-state index contributed by atoms with van der Waals surface area (Å²) in [4.78, 5) is 27.0. The molecule has 0 bridgehead atoms. The molecule has 0 aromatic carbocycles. The number of hydrogen-bond acceptors (Lipinski definition) is 5. The highest BCUT2D eigenvalue weighted by Crippen LogP contribution is 2.20. The van der Waals surface area contributed by atoms with E-state index in [2.05, 4.69) is 10.3 Å². The van der Waals surface area contributed by atoms with Gasteiger partial charge in [-0.1, -0.05) is 6.92 Å². The van der Waals surface area contributed by atoms with Crippen molar-refractivity contribution in [2.45, 2.75) is 32.8 Å². The van der Waals surface area contributed by atoms with Gasteiger partial charge in [0.15, 0.2) is 10.9 Å². The molecule has 1 heterocycles. The Morgan fingerprint density at radius 1 is 1.59 bits per heavy atom. The molecule has 1 amide bonds. The van der Waals surface area contributed by atoms with Crippen molar-refractivity contribution in [3.05, 3.63) is 11.1 Å². The molecule has 0 aliphatic heterocycles. The van der Waals surface area contributed by atoms with Gasteiger partial charge in [0.2, 0.25) is 0 Å². The Kier molecular flexibility index (Phi) is 4.36. The lowest BCUT2D eigenvalue weighted by Gasteiger charge is -2.24. The highest BCUT2D eigenvalue weighted by atomic mass is 32.1. The number of ether oxygens (including phenoxy) is 1. The van der Waals surface area contributed by atoms with Gasteiger partial charge in [-0.3, -0.25) is 14.9 Å². The first kappa shape index (κ1) is 13.8. The fourth-order valence-electron chi connectivity index (χ4n) is 1.12. The first-order valence-electron chi connectivity index (χ1n) is 5.26. The predicted octanol–water partition coefficient (Wildman–Crippen LogP) is 2.10. The van der Waals surface area contributed by atoms with E-state index in [4.69, 9.17) is 4.74 Å². The number of nitrogens with one attached hydrogen (secondary N) is 1. The lowest BCUT2D eigenvalue weighted by atomic mass is 10.0. The summed E-state index contributed by atoms with van der Waals surface area (Å²) in [5.41, 5.74) is -0.511. The summed E-state index contributed by atoms with van der Waals surface area (Å²) in [5.74, 6) is -0.376. The predicted molar refractivity (Wildman–Crippen MR) is 66.5 cm³/mol. The van der Waals surface area contributed by atoms with Gasteiger partial charge >= 0.3 is 0 Å². The van der Waals surface area contributed by atoms with Crippen molar-refractivity contribution in [2.24, 2.45) is 0 Å². The highest BCUT2D eigenvalue weighted by molar-refractivity contribution is 7.14. The highest BCUT2D eigenvalue weighted by Gasteiger charge is 2.31. The van der Waals surface area contributed by atoms with Gasteiger partial charge in [0.1, 0.15) is 11.3 Å². The van der Waals surface area contributed by atoms with Crippen LogP contribution in [0.5, 0.6) is 0 Å². The quantitative estimate of drug-likeness (QED) is 0.819. The van der Waals surface area contributed by atoms with E-state index in [0.717, 1.165) is 0 Å². The van der Waals surface area contributed by atoms with E-state index in [1.165, 1.54) is 25.4 Å². The third-order valence-electron chi connectivity index (χ3n) is 2.69. The number of hydrogen-bond donors (Lipinski definition) is 1. The summed E-state index contributed by atoms with van der Waals surface area (Å²) < 4.78 is 5.17. The monoisotopic (exact) mass is 256 g/mol. The Labute approximate surface area is 104 Å². The number of thiazole rings is 1. The molecule has 17 heavy (non-hydrogen) atoms. The molecule has 0 saturated heterocycles. The summed E-state index contributed by atoms with van der Waals surface area (Å²) >= 11 is 1.22. The van der Waals surface area contributed by atoms with E-state index in [-0.39, 0.29) is 11.7 Å². The molecule has 94 valence electrons. The number of carbonyl (C=O) groups excluding carboxylic acids is 2. The maximum atomic E-state index is 11.9. The molecule has 1 N–H and O–H groups in total. The van der Waals surface area contributed by atoms with Crippen molar-refractivity contribution in [3.8, 4) is 0 Å². The summed E-state index contributed by atoms with van der Waals surface area (Å²) in [6.45, 7) is 5.01. The third kappa shape index (κ3) is 3.10. The van der Waals surface area contributed by atoms with Gasteiger partial charge < -0.3 is 4.74 Å². The molecule has 5 nitrogen and oxygen atoms in total. The van der Waals surface area contributed by atoms with Gasteiger partial charge in [0.25, 0.3) is 5.91 Å². The normalized spacial score (nSPS) is 14.1. The van der Waals surface area contributed by atoms with Crippen LogP contribution < -0.4 is 5.32 Å². The number of Topliss-reactive ketones (excluding diaryl/α,β-unsaturated/α-hetero) is 1. The van der Waals surface area contributed by atoms with E-state index < -0.39 is 5.60 Å². The van der Waals surface area contributed by atoms with Crippen molar-refractivity contribution < 1.29 is 14.3 Å². The molecule has 1 rings (SSSR count). The number of aromatic nitrogens is 1. The second-order valence-corrected chi connectivity index (χ2v) is 4.69. The molecular weight excluding hydrogens is 240 g/mol. The Morgan fingerprint density at radius 2 is 2.24 bits per heavy atom. The van der Waals surface area contributed by atoms with Crippen LogP contribution in [0.4, 0.5) is 5.13 Å². The summed E-state index contributed by atoms with van der Waals surface area (Å²) in [5, 5.41) is 4.68. The maximum absolute atomic E-state index is 11.9. The summed E-state index contributed by atoms with van der Waals surface area (Å²) in [7, 11) is 1.49. The van der Waals surface area contributed by atoms with Gasteiger partial charge in [-0.25, -0.2) is 4.98 Å². The van der Waals surface area contributed by atoms with E-state index >= 15 is 0 Å². The van der Waals surface area contributed by atoms with Gasteiger partial charge in [0.05, 0.1) is 0 Å². The maximum Gasteiger partial charge on any atom is 0.258 e. The van der Waals surface area contributed by atoms with E-state index in [1.54, 1.807) is 12.3 Å². The Hall–Kier alpha value is -1.27. The molecule has 1 atom stereocenters. The molecular formula is C11H16N2O3S.